The molecule has 0 aromatic heterocycles. The van der Waals surface area contributed by atoms with E-state index in [1.165, 1.54) is 0 Å². The van der Waals surface area contributed by atoms with Crippen LogP contribution >= 0.6 is 23.2 Å². The largest absolute Gasteiger partial charge is 0.479 e. The number of alkyl halides is 2. The van der Waals surface area contributed by atoms with E-state index in [0.717, 1.165) is 12.1 Å². The summed E-state index contributed by atoms with van der Waals surface area (Å²) in [7, 11) is 0. The zero-order valence-electron chi connectivity index (χ0n) is 8.03. The molecule has 0 bridgehead atoms. The van der Waals surface area contributed by atoms with Gasteiger partial charge in [-0.25, -0.2) is 4.79 Å². The summed E-state index contributed by atoms with van der Waals surface area (Å²) in [5.41, 5.74) is -0.396. The van der Waals surface area contributed by atoms with E-state index in [1.807, 2.05) is 0 Å². The predicted molar refractivity (Wildman–Crippen MR) is 55.7 cm³/mol. The van der Waals surface area contributed by atoms with Gasteiger partial charge in [0.1, 0.15) is 5.75 Å². The van der Waals surface area contributed by atoms with Gasteiger partial charge in [0, 0.05) is 11.6 Å². The fraction of sp³-hybridized carbons (Fsp3) is 0.222. The first-order chi connectivity index (χ1) is 7.82. The zero-order chi connectivity index (χ0) is 13.2. The van der Waals surface area contributed by atoms with Crippen LogP contribution in [0.25, 0.3) is 0 Å². The number of carbonyl (C=O) groups is 1. The maximum Gasteiger partial charge on any atom is 0.387 e. The van der Waals surface area contributed by atoms with Crippen LogP contribution in [0.5, 0.6) is 5.75 Å². The van der Waals surface area contributed by atoms with Gasteiger partial charge >= 0.3 is 12.6 Å². The summed E-state index contributed by atoms with van der Waals surface area (Å²) >= 11 is 11.2. The van der Waals surface area contributed by atoms with Crippen molar-refractivity contribution in [3.8, 4) is 5.75 Å². The quantitative estimate of drug-likeness (QED) is 0.893. The predicted octanol–water partition coefficient (Wildman–Crippen LogP) is 2.71. The topological polar surface area (TPSA) is 66.8 Å². The third kappa shape index (κ3) is 3.42. The Bertz CT molecular complexity index is 439. The lowest BCUT2D eigenvalue weighted by Crippen LogP contribution is -2.13. The van der Waals surface area contributed by atoms with E-state index in [4.69, 9.17) is 28.3 Å². The van der Waals surface area contributed by atoms with E-state index < -0.39 is 30.0 Å². The Kier molecular flexibility index (Phi) is 4.50. The number of aliphatic hydroxyl groups is 1. The normalized spacial score (nSPS) is 12.6. The minimum Gasteiger partial charge on any atom is -0.479 e. The Hall–Kier alpha value is -1.11. The van der Waals surface area contributed by atoms with Gasteiger partial charge in [-0.15, -0.1) is 0 Å². The van der Waals surface area contributed by atoms with Crippen LogP contribution in [0.2, 0.25) is 10.0 Å². The summed E-state index contributed by atoms with van der Waals surface area (Å²) in [6.45, 7) is -3.17. The lowest BCUT2D eigenvalue weighted by Gasteiger charge is -2.14. The molecule has 0 saturated heterocycles. The second kappa shape index (κ2) is 5.48. The highest BCUT2D eigenvalue weighted by Gasteiger charge is 2.23. The van der Waals surface area contributed by atoms with Crippen molar-refractivity contribution in [1.29, 1.82) is 0 Å². The Labute approximate surface area is 104 Å². The molecular formula is C9H6Cl2F2O4. The van der Waals surface area contributed by atoms with Gasteiger partial charge in [-0.1, -0.05) is 23.2 Å². The highest BCUT2D eigenvalue weighted by molar-refractivity contribution is 6.42. The van der Waals surface area contributed by atoms with Gasteiger partial charge in [-0.2, -0.15) is 8.78 Å². The van der Waals surface area contributed by atoms with E-state index in [0.29, 0.717) is 0 Å². The number of ether oxygens (including phenoxy) is 1. The molecule has 4 nitrogen and oxygen atoms in total. The first kappa shape index (κ1) is 14.0. The Morgan fingerprint density at radius 3 is 2.29 bits per heavy atom. The van der Waals surface area contributed by atoms with Crippen molar-refractivity contribution in [2.75, 3.05) is 0 Å². The van der Waals surface area contributed by atoms with Gasteiger partial charge in [-0.05, 0) is 6.07 Å². The molecule has 0 saturated carbocycles. The third-order valence-electron chi connectivity index (χ3n) is 1.80. The fourth-order valence-electron chi connectivity index (χ4n) is 1.09. The Morgan fingerprint density at radius 1 is 1.29 bits per heavy atom. The number of aliphatic carboxylic acids is 1. The molecule has 0 unspecified atom stereocenters. The fourth-order valence-corrected chi connectivity index (χ4v) is 1.41. The van der Waals surface area contributed by atoms with Crippen molar-refractivity contribution in [1.82, 2.24) is 0 Å². The summed E-state index contributed by atoms with van der Waals surface area (Å²) in [5.74, 6) is -2.16. The van der Waals surface area contributed by atoms with Crippen molar-refractivity contribution in [3.63, 3.8) is 0 Å². The van der Waals surface area contributed by atoms with Gasteiger partial charge in [0.25, 0.3) is 0 Å². The average molecular weight is 287 g/mol. The third-order valence-corrected chi connectivity index (χ3v) is 2.52. The number of rotatable bonds is 4. The van der Waals surface area contributed by atoms with Gasteiger partial charge < -0.3 is 14.9 Å². The van der Waals surface area contributed by atoms with Crippen molar-refractivity contribution >= 4 is 29.2 Å². The number of halogens is 4. The molecule has 1 rings (SSSR count). The highest BCUT2D eigenvalue weighted by Crippen LogP contribution is 2.35. The van der Waals surface area contributed by atoms with Crippen LogP contribution in [0.3, 0.4) is 0 Å². The number of hydrogen-bond acceptors (Lipinski definition) is 3. The van der Waals surface area contributed by atoms with E-state index in [1.54, 1.807) is 0 Å². The zero-order valence-corrected chi connectivity index (χ0v) is 9.54. The highest BCUT2D eigenvalue weighted by atomic mass is 35.5. The van der Waals surface area contributed by atoms with Crippen LogP contribution in [0.4, 0.5) is 8.78 Å². The number of hydrogen-bond donors (Lipinski definition) is 2. The second-order valence-electron chi connectivity index (χ2n) is 2.92. The first-order valence-electron chi connectivity index (χ1n) is 4.17. The molecule has 1 aromatic rings. The number of aliphatic hydroxyl groups excluding tert-OH is 1. The van der Waals surface area contributed by atoms with E-state index in [2.05, 4.69) is 4.74 Å². The van der Waals surface area contributed by atoms with Gasteiger partial charge in [0.15, 0.2) is 6.10 Å². The summed E-state index contributed by atoms with van der Waals surface area (Å²) < 4.78 is 28.2. The lowest BCUT2D eigenvalue weighted by atomic mass is 10.1. The molecule has 0 heterocycles. The molecule has 0 aliphatic carbocycles. The van der Waals surface area contributed by atoms with Crippen LogP contribution in [0.1, 0.15) is 11.7 Å². The number of carboxylic acids is 1. The molecule has 0 spiro atoms. The van der Waals surface area contributed by atoms with Gasteiger partial charge in [0.05, 0.1) is 10.0 Å². The Balaban J connectivity index is 3.25. The molecule has 0 aliphatic rings. The maximum atomic E-state index is 12.1. The van der Waals surface area contributed by atoms with Crippen LogP contribution in [0, 0.1) is 0 Å². The summed E-state index contributed by atoms with van der Waals surface area (Å²) in [5, 5.41) is 17.7. The standard InChI is InChI=1S/C9H6Cl2F2O4/c10-4-1-3(7(14)8(15)16)6(2-5(4)11)17-9(12)13/h1-2,7,9,14H,(H,15,16)/t7-/m1/s1. The van der Waals surface area contributed by atoms with Crippen molar-refractivity contribution in [2.45, 2.75) is 12.7 Å². The van der Waals surface area contributed by atoms with Crippen molar-refractivity contribution in [3.05, 3.63) is 27.7 Å². The molecule has 0 aliphatic heterocycles. The van der Waals surface area contributed by atoms with Crippen LogP contribution in [-0.4, -0.2) is 22.8 Å². The van der Waals surface area contributed by atoms with E-state index >= 15 is 0 Å². The second-order valence-corrected chi connectivity index (χ2v) is 3.74. The van der Waals surface area contributed by atoms with Crippen molar-refractivity contribution in [2.24, 2.45) is 0 Å². The van der Waals surface area contributed by atoms with Gasteiger partial charge in [0.2, 0.25) is 0 Å². The lowest BCUT2D eigenvalue weighted by molar-refractivity contribution is -0.147. The van der Waals surface area contributed by atoms with Crippen molar-refractivity contribution < 1.29 is 28.5 Å². The Morgan fingerprint density at radius 2 is 1.82 bits per heavy atom. The van der Waals surface area contributed by atoms with Crippen LogP contribution in [0.15, 0.2) is 12.1 Å². The molecule has 0 fully saturated rings. The molecule has 1 aromatic carbocycles. The molecule has 2 N–H and O–H groups in total. The smallest absolute Gasteiger partial charge is 0.387 e. The molecule has 17 heavy (non-hydrogen) atoms. The number of benzene rings is 1. The summed E-state index contributed by atoms with van der Waals surface area (Å²) in [6.07, 6.45) is -2.03. The summed E-state index contributed by atoms with van der Waals surface area (Å²) in [6, 6.07) is 1.87. The molecular weight excluding hydrogens is 281 g/mol. The average Bonchev–Trinajstić information content (AvgIpc) is 2.21. The molecule has 8 heteroatoms. The van der Waals surface area contributed by atoms with Gasteiger partial charge in [-0.3, -0.25) is 0 Å². The van der Waals surface area contributed by atoms with Crippen LogP contribution < -0.4 is 4.74 Å². The number of carboxylic acid groups (broad SMARTS) is 1. The molecule has 0 radical (unpaired) electrons. The minimum absolute atomic E-state index is 0.0800. The van der Waals surface area contributed by atoms with E-state index in [9.17, 15) is 18.7 Å². The maximum absolute atomic E-state index is 12.1. The SMILES string of the molecule is O=C(O)[C@H](O)c1cc(Cl)c(Cl)cc1OC(F)F. The minimum atomic E-state index is -3.17. The first-order valence-corrected chi connectivity index (χ1v) is 4.93. The van der Waals surface area contributed by atoms with Crippen LogP contribution in [-0.2, 0) is 4.79 Å². The summed E-state index contributed by atoms with van der Waals surface area (Å²) in [4.78, 5) is 10.6. The molecule has 0 amide bonds. The monoisotopic (exact) mass is 286 g/mol. The molecule has 94 valence electrons. The molecule has 1 atom stereocenters. The van der Waals surface area contributed by atoms with E-state index in [-0.39, 0.29) is 10.0 Å².